The molecule has 2 rings (SSSR count). The van der Waals surface area contributed by atoms with Crippen molar-refractivity contribution in [2.75, 3.05) is 5.32 Å². The number of nitrogens with zero attached hydrogens (tertiary/aromatic N) is 1. The van der Waals surface area contributed by atoms with E-state index in [0.29, 0.717) is 23.0 Å². The van der Waals surface area contributed by atoms with Crippen molar-refractivity contribution < 1.29 is 18.0 Å². The molecule has 0 aliphatic rings. The Morgan fingerprint density at radius 1 is 1.17 bits per heavy atom. The summed E-state index contributed by atoms with van der Waals surface area (Å²) in [6.07, 6.45) is -3.96. The minimum Gasteiger partial charge on any atom is -0.324 e. The molecule has 2 aromatic rings. The molecule has 0 aliphatic carbocycles. The standard InChI is InChI=1S/C15H12ClF3N2O2/c1-9(14(23)20-12-5-3-11(16)4-6-12)21-8-10(15(17,18)19)2-7-13(21)22/h2-9H,1H3,(H,20,23). The van der Waals surface area contributed by atoms with Gasteiger partial charge in [-0.15, -0.1) is 0 Å². The highest BCUT2D eigenvalue weighted by atomic mass is 35.5. The highest BCUT2D eigenvalue weighted by Gasteiger charge is 2.32. The fourth-order valence-electron chi connectivity index (χ4n) is 1.88. The Labute approximate surface area is 134 Å². The van der Waals surface area contributed by atoms with E-state index < -0.39 is 29.2 Å². The summed E-state index contributed by atoms with van der Waals surface area (Å²) in [6, 6.07) is 6.55. The van der Waals surface area contributed by atoms with Crippen molar-refractivity contribution in [2.45, 2.75) is 19.1 Å². The normalized spacial score (nSPS) is 12.7. The zero-order valence-electron chi connectivity index (χ0n) is 11.9. The monoisotopic (exact) mass is 344 g/mol. The van der Waals surface area contributed by atoms with Crippen molar-refractivity contribution in [3.63, 3.8) is 0 Å². The van der Waals surface area contributed by atoms with Crippen LogP contribution in [0.15, 0.2) is 47.4 Å². The lowest BCUT2D eigenvalue weighted by Gasteiger charge is -2.17. The summed E-state index contributed by atoms with van der Waals surface area (Å²) in [6.45, 7) is 1.34. The van der Waals surface area contributed by atoms with Gasteiger partial charge in [-0.05, 0) is 37.3 Å². The molecule has 4 nitrogen and oxygen atoms in total. The largest absolute Gasteiger partial charge is 0.417 e. The van der Waals surface area contributed by atoms with Gasteiger partial charge in [0.05, 0.1) is 5.56 Å². The Bertz CT molecular complexity index is 770. The molecule has 0 saturated heterocycles. The zero-order valence-corrected chi connectivity index (χ0v) is 12.7. The van der Waals surface area contributed by atoms with E-state index in [4.69, 9.17) is 11.6 Å². The van der Waals surface area contributed by atoms with Gasteiger partial charge in [-0.1, -0.05) is 11.6 Å². The van der Waals surface area contributed by atoms with E-state index >= 15 is 0 Å². The minimum atomic E-state index is -4.60. The van der Waals surface area contributed by atoms with Crippen LogP contribution in [-0.4, -0.2) is 10.5 Å². The Kier molecular flexibility index (Phi) is 4.79. The SMILES string of the molecule is CC(C(=O)Nc1ccc(Cl)cc1)n1cc(C(F)(F)F)ccc1=O. The van der Waals surface area contributed by atoms with Gasteiger partial charge in [0.15, 0.2) is 0 Å². The molecule has 1 N–H and O–H groups in total. The van der Waals surface area contributed by atoms with Gasteiger partial charge in [0.25, 0.3) is 5.56 Å². The number of hydrogen-bond donors (Lipinski definition) is 1. The van der Waals surface area contributed by atoms with Crippen LogP contribution in [0.2, 0.25) is 5.02 Å². The van der Waals surface area contributed by atoms with Gasteiger partial charge in [-0.25, -0.2) is 0 Å². The first kappa shape index (κ1) is 17.1. The van der Waals surface area contributed by atoms with Gasteiger partial charge in [0.2, 0.25) is 5.91 Å². The van der Waals surface area contributed by atoms with Crippen molar-refractivity contribution in [2.24, 2.45) is 0 Å². The molecule has 0 aliphatic heterocycles. The zero-order chi connectivity index (χ0) is 17.2. The molecule has 0 bridgehead atoms. The number of rotatable bonds is 3. The van der Waals surface area contributed by atoms with Gasteiger partial charge in [-0.3, -0.25) is 9.59 Å². The van der Waals surface area contributed by atoms with Crippen LogP contribution in [-0.2, 0) is 11.0 Å². The molecular formula is C15H12ClF3N2O2. The first-order valence-corrected chi connectivity index (χ1v) is 6.92. The Hall–Kier alpha value is -2.28. The summed E-state index contributed by atoms with van der Waals surface area (Å²) < 4.78 is 38.9. The number of nitrogens with one attached hydrogen (secondary N) is 1. The number of benzene rings is 1. The molecule has 0 spiro atoms. The van der Waals surface area contributed by atoms with Crippen molar-refractivity contribution >= 4 is 23.2 Å². The number of pyridine rings is 1. The number of anilines is 1. The summed E-state index contributed by atoms with van der Waals surface area (Å²) in [4.78, 5) is 23.9. The van der Waals surface area contributed by atoms with Crippen molar-refractivity contribution in [3.05, 3.63) is 63.5 Å². The smallest absolute Gasteiger partial charge is 0.324 e. The van der Waals surface area contributed by atoms with Crippen LogP contribution in [0.3, 0.4) is 0 Å². The van der Waals surface area contributed by atoms with E-state index in [1.807, 2.05) is 0 Å². The molecule has 0 fully saturated rings. The fourth-order valence-corrected chi connectivity index (χ4v) is 2.01. The van der Waals surface area contributed by atoms with Gasteiger partial charge in [-0.2, -0.15) is 13.2 Å². The maximum absolute atomic E-state index is 12.7. The second-order valence-corrected chi connectivity index (χ2v) is 5.27. The average molecular weight is 345 g/mol. The number of alkyl halides is 3. The average Bonchev–Trinajstić information content (AvgIpc) is 2.48. The summed E-state index contributed by atoms with van der Waals surface area (Å²) in [5, 5.41) is 2.99. The third-order valence-corrected chi connectivity index (χ3v) is 3.43. The van der Waals surface area contributed by atoms with E-state index in [1.165, 1.54) is 6.92 Å². The van der Waals surface area contributed by atoms with Crippen LogP contribution < -0.4 is 10.9 Å². The highest BCUT2D eigenvalue weighted by molar-refractivity contribution is 6.30. The Morgan fingerprint density at radius 2 is 1.78 bits per heavy atom. The molecular weight excluding hydrogens is 333 g/mol. The van der Waals surface area contributed by atoms with E-state index in [9.17, 15) is 22.8 Å². The first-order valence-electron chi connectivity index (χ1n) is 6.54. The summed E-state index contributed by atoms with van der Waals surface area (Å²) in [5.41, 5.74) is -1.27. The van der Waals surface area contributed by atoms with E-state index in [1.54, 1.807) is 24.3 Å². The summed E-state index contributed by atoms with van der Waals surface area (Å²) >= 11 is 5.72. The first-order chi connectivity index (χ1) is 10.7. The number of carbonyl (C=O) groups excluding carboxylic acids is 1. The number of aromatic nitrogens is 1. The van der Waals surface area contributed by atoms with E-state index in [2.05, 4.69) is 5.32 Å². The fraction of sp³-hybridized carbons (Fsp3) is 0.200. The molecule has 1 amide bonds. The second kappa shape index (κ2) is 6.45. The van der Waals surface area contributed by atoms with Crippen molar-refractivity contribution in [3.8, 4) is 0 Å². The van der Waals surface area contributed by atoms with E-state index in [-0.39, 0.29) is 0 Å². The number of hydrogen-bond acceptors (Lipinski definition) is 2. The maximum Gasteiger partial charge on any atom is 0.417 e. The predicted octanol–water partition coefficient (Wildman–Crippen LogP) is 3.72. The van der Waals surface area contributed by atoms with Crippen LogP contribution >= 0.6 is 11.6 Å². The lowest BCUT2D eigenvalue weighted by molar-refractivity contribution is -0.138. The van der Waals surface area contributed by atoms with E-state index in [0.717, 1.165) is 10.6 Å². The maximum atomic E-state index is 12.7. The molecule has 1 unspecified atom stereocenters. The summed E-state index contributed by atoms with van der Waals surface area (Å²) in [7, 11) is 0. The van der Waals surface area contributed by atoms with Crippen molar-refractivity contribution in [1.29, 1.82) is 0 Å². The molecule has 1 aromatic heterocycles. The molecule has 122 valence electrons. The number of halogens is 4. The van der Waals surface area contributed by atoms with Crippen LogP contribution in [0, 0.1) is 0 Å². The van der Waals surface area contributed by atoms with Gasteiger partial charge >= 0.3 is 6.18 Å². The quantitative estimate of drug-likeness (QED) is 0.922. The molecule has 1 atom stereocenters. The second-order valence-electron chi connectivity index (χ2n) is 4.83. The lowest BCUT2D eigenvalue weighted by atomic mass is 10.2. The van der Waals surface area contributed by atoms with Crippen LogP contribution in [0.5, 0.6) is 0 Å². The third kappa shape index (κ3) is 4.13. The topological polar surface area (TPSA) is 51.1 Å². The predicted molar refractivity (Wildman–Crippen MR) is 80.5 cm³/mol. The number of carbonyl (C=O) groups is 1. The molecule has 23 heavy (non-hydrogen) atoms. The van der Waals surface area contributed by atoms with Crippen molar-refractivity contribution in [1.82, 2.24) is 4.57 Å². The highest BCUT2D eigenvalue weighted by Crippen LogP contribution is 2.28. The van der Waals surface area contributed by atoms with Gasteiger partial charge in [0, 0.05) is 23.0 Å². The molecule has 1 aromatic carbocycles. The summed E-state index contributed by atoms with van der Waals surface area (Å²) in [5.74, 6) is -0.617. The third-order valence-electron chi connectivity index (χ3n) is 3.17. The van der Waals surface area contributed by atoms with Crippen LogP contribution in [0.4, 0.5) is 18.9 Å². The Balaban J connectivity index is 2.25. The Morgan fingerprint density at radius 3 is 2.35 bits per heavy atom. The van der Waals surface area contributed by atoms with Gasteiger partial charge in [0.1, 0.15) is 6.04 Å². The van der Waals surface area contributed by atoms with Gasteiger partial charge < -0.3 is 9.88 Å². The minimum absolute atomic E-state index is 0.422. The molecule has 0 radical (unpaired) electrons. The van der Waals surface area contributed by atoms with Crippen LogP contribution in [0.1, 0.15) is 18.5 Å². The number of amides is 1. The molecule has 8 heteroatoms. The lowest BCUT2D eigenvalue weighted by Crippen LogP contribution is -2.31. The molecule has 1 heterocycles. The molecule has 0 saturated carbocycles. The van der Waals surface area contributed by atoms with Crippen LogP contribution in [0.25, 0.3) is 0 Å².